The third-order valence-corrected chi connectivity index (χ3v) is 6.34. The molecule has 4 heterocycles. The molecule has 0 aliphatic carbocycles. The van der Waals surface area contributed by atoms with Gasteiger partial charge in [0.2, 0.25) is 0 Å². The third-order valence-electron chi connectivity index (χ3n) is 6.11. The molecule has 33 heavy (non-hydrogen) atoms. The summed E-state index contributed by atoms with van der Waals surface area (Å²) in [6, 6.07) is 10.3. The normalized spacial score (nSPS) is 22.2. The number of pyridine rings is 1. The van der Waals surface area contributed by atoms with Gasteiger partial charge in [0, 0.05) is 41.6 Å². The molecule has 0 saturated carbocycles. The molecular weight excluding hydrogens is 438 g/mol. The van der Waals surface area contributed by atoms with Gasteiger partial charge in [-0.25, -0.2) is 0 Å². The molecule has 5 rings (SSSR count). The van der Waals surface area contributed by atoms with Crippen molar-refractivity contribution in [3.63, 3.8) is 0 Å². The molecule has 3 aliphatic heterocycles. The molecule has 0 spiro atoms. The summed E-state index contributed by atoms with van der Waals surface area (Å²) in [5, 5.41) is 3.62. The van der Waals surface area contributed by atoms with Crippen molar-refractivity contribution in [3.8, 4) is 23.8 Å². The number of terminal acetylenes is 1. The van der Waals surface area contributed by atoms with Crippen LogP contribution in [0.5, 0.6) is 5.75 Å². The summed E-state index contributed by atoms with van der Waals surface area (Å²) >= 11 is 5.89. The first-order chi connectivity index (χ1) is 16.0. The Morgan fingerprint density at radius 3 is 2.64 bits per heavy atom. The van der Waals surface area contributed by atoms with Gasteiger partial charge in [-0.1, -0.05) is 17.5 Å². The quantitative estimate of drug-likeness (QED) is 0.505. The van der Waals surface area contributed by atoms with E-state index in [9.17, 15) is 9.59 Å². The van der Waals surface area contributed by atoms with E-state index >= 15 is 0 Å². The number of amides is 1. The predicted molar refractivity (Wildman–Crippen MR) is 130 cm³/mol. The molecule has 3 fully saturated rings. The molecule has 1 atom stereocenters. The van der Waals surface area contributed by atoms with Crippen molar-refractivity contribution >= 4 is 17.5 Å². The lowest BCUT2D eigenvalue weighted by molar-refractivity contribution is 0.0620. The van der Waals surface area contributed by atoms with Crippen LogP contribution in [0.4, 0.5) is 0 Å². The molecule has 0 unspecified atom stereocenters. The Morgan fingerprint density at radius 2 is 1.97 bits per heavy atom. The smallest absolute Gasteiger partial charge is 0.255 e. The van der Waals surface area contributed by atoms with Crippen LogP contribution in [0, 0.1) is 18.3 Å². The van der Waals surface area contributed by atoms with Crippen molar-refractivity contribution in [2.45, 2.75) is 18.9 Å². The fourth-order valence-corrected chi connectivity index (χ4v) is 4.49. The van der Waals surface area contributed by atoms with Gasteiger partial charge in [-0.3, -0.25) is 14.2 Å². The molecule has 1 amide bonds. The number of allylic oxidation sites excluding steroid dienone is 3. The van der Waals surface area contributed by atoms with Gasteiger partial charge in [-0.15, -0.1) is 6.42 Å². The molecular formula is C26H26ClN3O3. The minimum atomic E-state index is -0.207. The van der Waals surface area contributed by atoms with Gasteiger partial charge in [-0.2, -0.15) is 0 Å². The Bertz CT molecular complexity index is 1150. The van der Waals surface area contributed by atoms with Crippen molar-refractivity contribution < 1.29 is 9.53 Å². The molecule has 7 heteroatoms. The topological polar surface area (TPSA) is 63.6 Å². The van der Waals surface area contributed by atoms with Crippen LogP contribution in [0.25, 0.3) is 5.69 Å². The fourth-order valence-electron chi connectivity index (χ4n) is 4.34. The number of carbonyl (C=O) groups is 1. The molecule has 3 saturated heterocycles. The second-order valence-corrected chi connectivity index (χ2v) is 8.68. The van der Waals surface area contributed by atoms with E-state index in [1.165, 1.54) is 16.7 Å². The van der Waals surface area contributed by atoms with Crippen LogP contribution in [0.2, 0.25) is 0 Å². The number of fused-ring (bicyclic) bond motifs is 3. The lowest BCUT2D eigenvalue weighted by Crippen LogP contribution is -2.57. The van der Waals surface area contributed by atoms with Crippen LogP contribution < -0.4 is 15.6 Å². The van der Waals surface area contributed by atoms with Crippen LogP contribution in [-0.4, -0.2) is 47.7 Å². The summed E-state index contributed by atoms with van der Waals surface area (Å²) < 4.78 is 7.12. The van der Waals surface area contributed by atoms with Crippen LogP contribution in [-0.2, 0) is 0 Å². The molecule has 1 aromatic carbocycles. The predicted octanol–water partition coefficient (Wildman–Crippen LogP) is 3.35. The summed E-state index contributed by atoms with van der Waals surface area (Å²) in [7, 11) is 0. The molecule has 2 aromatic rings. The zero-order chi connectivity index (χ0) is 23.2. The van der Waals surface area contributed by atoms with E-state index in [0.29, 0.717) is 34.6 Å². The second-order valence-electron chi connectivity index (χ2n) is 8.25. The molecule has 3 aliphatic rings. The minimum absolute atomic E-state index is 0.146. The molecule has 6 nitrogen and oxygen atoms in total. The molecule has 0 radical (unpaired) electrons. The standard InChI is InChI=1S/C26H26ClN3O3/c1-2-4-21(27)5-3-16-33-23-9-7-22(8-10-23)30-17-20(6-11-25(30)31)26(32)28-24-18-29-14-12-19(24)13-15-29/h1,3-11,17,19,24H,12-16,18H2,(H,28,32)/b5-3-,21-4+/t24-/m0/s1. The van der Waals surface area contributed by atoms with Crippen LogP contribution >= 0.6 is 11.6 Å². The highest BCUT2D eigenvalue weighted by Gasteiger charge is 2.35. The monoisotopic (exact) mass is 463 g/mol. The molecule has 1 N–H and O–H groups in total. The number of hydrogen-bond donors (Lipinski definition) is 1. The van der Waals surface area contributed by atoms with Crippen molar-refractivity contribution in [1.82, 2.24) is 14.8 Å². The Morgan fingerprint density at radius 1 is 1.21 bits per heavy atom. The van der Waals surface area contributed by atoms with Gasteiger partial charge < -0.3 is 15.0 Å². The number of aromatic nitrogens is 1. The van der Waals surface area contributed by atoms with E-state index in [2.05, 4.69) is 16.1 Å². The number of carbonyl (C=O) groups excluding carboxylic acids is 1. The van der Waals surface area contributed by atoms with Crippen molar-refractivity contribution in [3.05, 3.63) is 81.8 Å². The van der Waals surface area contributed by atoms with Gasteiger partial charge >= 0.3 is 0 Å². The van der Waals surface area contributed by atoms with E-state index in [1.54, 1.807) is 48.7 Å². The van der Waals surface area contributed by atoms with Crippen LogP contribution in [0.3, 0.4) is 0 Å². The van der Waals surface area contributed by atoms with Gasteiger partial charge in [0.25, 0.3) is 11.5 Å². The first-order valence-corrected chi connectivity index (χ1v) is 11.4. The largest absolute Gasteiger partial charge is 0.490 e. The van der Waals surface area contributed by atoms with Gasteiger partial charge in [0.05, 0.1) is 5.56 Å². The van der Waals surface area contributed by atoms with E-state index in [0.717, 1.165) is 32.5 Å². The molecule has 2 bridgehead atoms. The van der Waals surface area contributed by atoms with Crippen LogP contribution in [0.1, 0.15) is 23.2 Å². The number of nitrogens with one attached hydrogen (secondary N) is 1. The van der Waals surface area contributed by atoms with Crippen molar-refractivity contribution in [2.75, 3.05) is 26.2 Å². The number of piperidine rings is 3. The Hall–Kier alpha value is -3.27. The maximum absolute atomic E-state index is 12.9. The highest BCUT2D eigenvalue weighted by molar-refractivity contribution is 6.31. The zero-order valence-electron chi connectivity index (χ0n) is 18.2. The number of rotatable bonds is 7. The van der Waals surface area contributed by atoms with E-state index < -0.39 is 0 Å². The number of hydrogen-bond acceptors (Lipinski definition) is 4. The van der Waals surface area contributed by atoms with E-state index in [4.69, 9.17) is 22.8 Å². The van der Waals surface area contributed by atoms with Crippen molar-refractivity contribution in [1.29, 1.82) is 0 Å². The zero-order valence-corrected chi connectivity index (χ0v) is 19.0. The Labute approximate surface area is 198 Å². The Kier molecular flexibility index (Phi) is 7.33. The summed E-state index contributed by atoms with van der Waals surface area (Å²) in [5.41, 5.74) is 0.912. The van der Waals surface area contributed by atoms with E-state index in [-0.39, 0.29) is 17.5 Å². The first-order valence-electron chi connectivity index (χ1n) is 11.0. The number of benzene rings is 1. The highest BCUT2D eigenvalue weighted by atomic mass is 35.5. The lowest BCUT2D eigenvalue weighted by atomic mass is 9.84. The van der Waals surface area contributed by atoms with Gasteiger partial charge in [0.1, 0.15) is 12.4 Å². The number of ether oxygens (including phenoxy) is 1. The first kappa shape index (κ1) is 22.9. The van der Waals surface area contributed by atoms with E-state index in [1.807, 2.05) is 0 Å². The average Bonchev–Trinajstić information content (AvgIpc) is 2.83. The number of halogens is 1. The van der Waals surface area contributed by atoms with Crippen LogP contribution in [0.15, 0.2) is 70.6 Å². The van der Waals surface area contributed by atoms with Crippen molar-refractivity contribution in [2.24, 2.45) is 5.92 Å². The van der Waals surface area contributed by atoms with Gasteiger partial charge in [-0.05, 0) is 74.3 Å². The second kappa shape index (κ2) is 10.6. The van der Waals surface area contributed by atoms with Gasteiger partial charge in [0.15, 0.2) is 0 Å². The maximum Gasteiger partial charge on any atom is 0.255 e. The molecule has 170 valence electrons. The molecule has 1 aromatic heterocycles. The summed E-state index contributed by atoms with van der Waals surface area (Å²) in [5.74, 6) is 3.38. The summed E-state index contributed by atoms with van der Waals surface area (Å²) in [6.07, 6.45) is 13.9. The fraction of sp³-hybridized carbons (Fsp3) is 0.308. The SMILES string of the molecule is C#C/C=C(Cl)\C=C/COc1ccc(-n2cc(C(=O)N[C@H]3CN4CCC3CC4)ccc2=O)cc1. The third kappa shape index (κ3) is 5.75. The Balaban J connectivity index is 1.41. The highest BCUT2D eigenvalue weighted by Crippen LogP contribution is 2.27. The lowest BCUT2D eigenvalue weighted by Gasteiger charge is -2.44. The minimum Gasteiger partial charge on any atom is -0.490 e. The average molecular weight is 464 g/mol. The maximum atomic E-state index is 12.9. The number of nitrogens with zero attached hydrogens (tertiary/aromatic N) is 2. The summed E-state index contributed by atoms with van der Waals surface area (Å²) in [6.45, 7) is 3.46. The summed E-state index contributed by atoms with van der Waals surface area (Å²) in [4.78, 5) is 27.7.